The molecule has 0 amide bonds. The van der Waals surface area contributed by atoms with Crippen molar-refractivity contribution < 1.29 is 12.8 Å². The van der Waals surface area contributed by atoms with E-state index in [0.717, 1.165) is 17.7 Å². The maximum Gasteiger partial charge on any atom is 0.261 e. The third-order valence-electron chi connectivity index (χ3n) is 5.28. The van der Waals surface area contributed by atoms with Crippen molar-refractivity contribution in [2.45, 2.75) is 30.7 Å². The zero-order chi connectivity index (χ0) is 19.9. The van der Waals surface area contributed by atoms with Crippen LogP contribution in [-0.4, -0.2) is 35.4 Å². The highest BCUT2D eigenvalue weighted by Gasteiger charge is 2.30. The first-order valence-corrected chi connectivity index (χ1v) is 10.5. The molecule has 1 aliphatic heterocycles. The minimum atomic E-state index is -3.67. The molecule has 2 heterocycles. The molecule has 28 heavy (non-hydrogen) atoms. The van der Waals surface area contributed by atoms with Gasteiger partial charge in [-0.05, 0) is 55.7 Å². The van der Waals surface area contributed by atoms with Crippen LogP contribution < -0.4 is 5.56 Å². The van der Waals surface area contributed by atoms with Gasteiger partial charge in [0.2, 0.25) is 10.0 Å². The Kier molecular flexibility index (Phi) is 4.76. The molecule has 1 saturated heterocycles. The van der Waals surface area contributed by atoms with Crippen molar-refractivity contribution in [2.24, 2.45) is 0 Å². The lowest BCUT2D eigenvalue weighted by molar-refractivity contribution is 0.269. The number of para-hydroxylation sites is 1. The number of hydrogen-bond acceptors (Lipinski definition) is 4. The van der Waals surface area contributed by atoms with Crippen molar-refractivity contribution in [1.29, 1.82) is 0 Å². The Morgan fingerprint density at radius 1 is 1.07 bits per heavy atom. The fraction of sp³-hybridized carbons (Fsp3) is 0.300. The summed E-state index contributed by atoms with van der Waals surface area (Å²) in [6.45, 7) is 2.50. The highest BCUT2D eigenvalue weighted by molar-refractivity contribution is 7.89. The minimum absolute atomic E-state index is 0.0763. The second-order valence-corrected chi connectivity index (χ2v) is 8.96. The monoisotopic (exact) mass is 401 g/mol. The predicted octanol–water partition coefficient (Wildman–Crippen LogP) is 2.87. The fourth-order valence-corrected chi connectivity index (χ4v) is 5.16. The normalized spacial score (nSPS) is 16.5. The van der Waals surface area contributed by atoms with Crippen LogP contribution in [0.2, 0.25) is 0 Å². The summed E-state index contributed by atoms with van der Waals surface area (Å²) in [5.74, 6) is -0.476. The van der Waals surface area contributed by atoms with E-state index in [-0.39, 0.29) is 16.5 Å². The van der Waals surface area contributed by atoms with Crippen LogP contribution in [-0.2, 0) is 10.0 Å². The Hall–Kier alpha value is -2.58. The lowest BCUT2D eigenvalue weighted by Crippen LogP contribution is -2.40. The molecular weight excluding hydrogens is 381 g/mol. The van der Waals surface area contributed by atoms with E-state index in [1.54, 1.807) is 17.0 Å². The van der Waals surface area contributed by atoms with Crippen molar-refractivity contribution in [3.05, 3.63) is 70.5 Å². The molecule has 0 aliphatic carbocycles. The maximum atomic E-state index is 13.1. The first-order valence-electron chi connectivity index (χ1n) is 9.10. The fourth-order valence-electron chi connectivity index (χ4n) is 3.69. The topological polar surface area (TPSA) is 72.3 Å². The molecule has 0 radical (unpaired) electrons. The molecule has 6 nitrogen and oxygen atoms in total. The van der Waals surface area contributed by atoms with Crippen molar-refractivity contribution in [1.82, 2.24) is 13.9 Å². The molecule has 146 valence electrons. The average Bonchev–Trinajstić information content (AvgIpc) is 2.69. The molecule has 1 aromatic heterocycles. The van der Waals surface area contributed by atoms with Gasteiger partial charge in [0, 0.05) is 19.1 Å². The number of benzene rings is 2. The summed E-state index contributed by atoms with van der Waals surface area (Å²) in [7, 11) is -3.67. The second-order valence-electron chi connectivity index (χ2n) is 7.02. The Bertz CT molecular complexity index is 1180. The standard InChI is InChI=1S/C20H20FN3O3S/c1-14-3-2-4-18-19(14)22-13-24(20(18)25)16-9-11-23(12-10-16)28(26,27)17-7-5-15(21)6-8-17/h2-8,13,16H,9-12H2,1H3. The van der Waals surface area contributed by atoms with Gasteiger partial charge in [0.15, 0.2) is 0 Å². The quantitative estimate of drug-likeness (QED) is 0.677. The number of sulfonamides is 1. The maximum absolute atomic E-state index is 13.1. The van der Waals surface area contributed by atoms with Crippen LogP contribution in [0.1, 0.15) is 24.4 Å². The van der Waals surface area contributed by atoms with Crippen LogP contribution in [0.4, 0.5) is 4.39 Å². The van der Waals surface area contributed by atoms with Gasteiger partial charge in [0.1, 0.15) is 5.82 Å². The molecular formula is C20H20FN3O3S. The van der Waals surface area contributed by atoms with Gasteiger partial charge in [-0.1, -0.05) is 12.1 Å². The van der Waals surface area contributed by atoms with E-state index in [2.05, 4.69) is 4.98 Å². The van der Waals surface area contributed by atoms with Crippen LogP contribution in [0, 0.1) is 12.7 Å². The van der Waals surface area contributed by atoms with Crippen molar-refractivity contribution >= 4 is 20.9 Å². The van der Waals surface area contributed by atoms with E-state index in [0.29, 0.717) is 36.8 Å². The number of hydrogen-bond donors (Lipinski definition) is 0. The van der Waals surface area contributed by atoms with Gasteiger partial charge in [-0.15, -0.1) is 0 Å². The third-order valence-corrected chi connectivity index (χ3v) is 7.20. The molecule has 4 rings (SSSR count). The molecule has 0 bridgehead atoms. The molecule has 0 N–H and O–H groups in total. The van der Waals surface area contributed by atoms with Gasteiger partial charge >= 0.3 is 0 Å². The number of halogens is 1. The molecule has 8 heteroatoms. The van der Waals surface area contributed by atoms with E-state index in [4.69, 9.17) is 0 Å². The summed E-state index contributed by atoms with van der Waals surface area (Å²) in [4.78, 5) is 17.4. The Labute approximate surface area is 162 Å². The zero-order valence-electron chi connectivity index (χ0n) is 15.4. The van der Waals surface area contributed by atoms with Crippen LogP contribution in [0.3, 0.4) is 0 Å². The van der Waals surface area contributed by atoms with E-state index in [9.17, 15) is 17.6 Å². The SMILES string of the molecule is Cc1cccc2c(=O)n(C3CCN(S(=O)(=O)c4ccc(F)cc4)CC3)cnc12. The van der Waals surface area contributed by atoms with Gasteiger partial charge in [0.05, 0.1) is 22.1 Å². The first kappa shape index (κ1) is 18.8. The van der Waals surface area contributed by atoms with Gasteiger partial charge in [-0.3, -0.25) is 9.36 Å². The van der Waals surface area contributed by atoms with Gasteiger partial charge in [-0.25, -0.2) is 17.8 Å². The number of rotatable bonds is 3. The molecule has 3 aromatic rings. The molecule has 0 saturated carbocycles. The summed E-state index contributed by atoms with van der Waals surface area (Å²) < 4.78 is 41.6. The summed E-state index contributed by atoms with van der Waals surface area (Å²) in [6, 6.07) is 10.2. The lowest BCUT2D eigenvalue weighted by atomic mass is 10.1. The van der Waals surface area contributed by atoms with E-state index in [1.807, 2.05) is 19.1 Å². The molecule has 0 spiro atoms. The van der Waals surface area contributed by atoms with E-state index in [1.165, 1.54) is 16.4 Å². The van der Waals surface area contributed by atoms with Crippen LogP contribution in [0.15, 0.2) is 58.5 Å². The average molecular weight is 401 g/mol. The molecule has 1 aliphatic rings. The number of nitrogens with zero attached hydrogens (tertiary/aromatic N) is 3. The second kappa shape index (κ2) is 7.10. The van der Waals surface area contributed by atoms with Crippen LogP contribution >= 0.6 is 0 Å². The first-order chi connectivity index (χ1) is 13.4. The largest absolute Gasteiger partial charge is 0.296 e. The predicted molar refractivity (Wildman–Crippen MR) is 104 cm³/mol. The number of aromatic nitrogens is 2. The van der Waals surface area contributed by atoms with E-state index < -0.39 is 15.8 Å². The Balaban J connectivity index is 1.56. The van der Waals surface area contributed by atoms with Crippen LogP contribution in [0.25, 0.3) is 10.9 Å². The zero-order valence-corrected chi connectivity index (χ0v) is 16.2. The third kappa shape index (κ3) is 3.22. The minimum Gasteiger partial charge on any atom is -0.296 e. The van der Waals surface area contributed by atoms with Gasteiger partial charge in [-0.2, -0.15) is 4.31 Å². The van der Waals surface area contributed by atoms with Crippen molar-refractivity contribution in [3.63, 3.8) is 0 Å². The van der Waals surface area contributed by atoms with E-state index >= 15 is 0 Å². The summed E-state index contributed by atoms with van der Waals surface area (Å²) in [5, 5.41) is 0.573. The van der Waals surface area contributed by atoms with Gasteiger partial charge < -0.3 is 0 Å². The molecule has 0 atom stereocenters. The number of piperidine rings is 1. The Morgan fingerprint density at radius 3 is 2.43 bits per heavy atom. The highest BCUT2D eigenvalue weighted by Crippen LogP contribution is 2.26. The van der Waals surface area contributed by atoms with Crippen molar-refractivity contribution in [2.75, 3.05) is 13.1 Å². The smallest absolute Gasteiger partial charge is 0.261 e. The molecule has 2 aromatic carbocycles. The number of aryl methyl sites for hydroxylation is 1. The van der Waals surface area contributed by atoms with Crippen molar-refractivity contribution in [3.8, 4) is 0 Å². The highest BCUT2D eigenvalue weighted by atomic mass is 32.2. The lowest BCUT2D eigenvalue weighted by Gasteiger charge is -2.32. The number of fused-ring (bicyclic) bond motifs is 1. The van der Waals surface area contributed by atoms with Crippen LogP contribution in [0.5, 0.6) is 0 Å². The summed E-state index contributed by atoms with van der Waals surface area (Å²) >= 11 is 0. The summed E-state index contributed by atoms with van der Waals surface area (Å²) in [5.41, 5.74) is 1.54. The summed E-state index contributed by atoms with van der Waals surface area (Å²) in [6.07, 6.45) is 2.59. The molecule has 0 unspecified atom stereocenters. The Morgan fingerprint density at radius 2 is 1.75 bits per heavy atom. The van der Waals surface area contributed by atoms with Gasteiger partial charge in [0.25, 0.3) is 5.56 Å². The molecule has 1 fully saturated rings.